The first-order valence-electron chi connectivity index (χ1n) is 17.2. The van der Waals surface area contributed by atoms with Gasteiger partial charge in [-0.3, -0.25) is 0 Å². The second-order valence-corrected chi connectivity index (χ2v) is 14.2. The Balaban J connectivity index is -0.000000276. The minimum atomic E-state index is -10.7. The van der Waals surface area contributed by atoms with Crippen molar-refractivity contribution in [2.45, 2.75) is 158 Å². The third-order valence-corrected chi connectivity index (χ3v) is 7.89. The molecule has 0 atom stereocenters. The second-order valence-electron chi connectivity index (χ2n) is 12.3. The Morgan fingerprint density at radius 3 is 0.476 bits per heavy atom. The zero-order valence-electron chi connectivity index (χ0n) is 29.0. The van der Waals surface area contributed by atoms with Gasteiger partial charge in [-0.2, -0.15) is 0 Å². The Kier molecular flexibility index (Phi) is 29.7. The van der Waals surface area contributed by atoms with Gasteiger partial charge in [0.05, 0.1) is 52.4 Å². The van der Waals surface area contributed by atoms with Crippen molar-refractivity contribution in [1.29, 1.82) is 0 Å². The third-order valence-electron chi connectivity index (χ3n) is 7.89. The number of halogens is 7. The Morgan fingerprint density at radius 2 is 0.405 bits per heavy atom. The van der Waals surface area contributed by atoms with E-state index in [2.05, 4.69) is 55.4 Å². The summed E-state index contributed by atoms with van der Waals surface area (Å²) in [7, 11) is -10.7. The maximum absolute atomic E-state index is 10.7. The van der Waals surface area contributed by atoms with E-state index >= 15 is 0 Å². The topological polar surface area (TPSA) is 0 Å². The average Bonchev–Trinajstić information content (AvgIpc) is 2.90. The summed E-state index contributed by atoms with van der Waals surface area (Å²) >= 11 is 0. The summed E-state index contributed by atoms with van der Waals surface area (Å²) in [5, 5.41) is 0. The van der Waals surface area contributed by atoms with E-state index in [4.69, 9.17) is 0 Å². The van der Waals surface area contributed by atoms with Gasteiger partial charge in [-0.1, -0.05) is 107 Å². The van der Waals surface area contributed by atoms with Crippen LogP contribution in [0.25, 0.3) is 0 Å². The van der Waals surface area contributed by atoms with Crippen molar-refractivity contribution in [1.82, 2.24) is 0 Å². The number of nitrogens with zero attached hydrogens (tertiary/aromatic N) is 2. The third kappa shape index (κ3) is 38.2. The van der Waals surface area contributed by atoms with Crippen molar-refractivity contribution in [2.24, 2.45) is 0 Å². The van der Waals surface area contributed by atoms with Gasteiger partial charge in [0.15, 0.2) is 0 Å². The van der Waals surface area contributed by atoms with Crippen LogP contribution >= 0.6 is 7.81 Å². The number of hydrogen-bond donors (Lipinski definition) is 0. The van der Waals surface area contributed by atoms with Crippen LogP contribution < -0.4 is 12.4 Å². The van der Waals surface area contributed by atoms with Gasteiger partial charge < -0.3 is 21.4 Å². The molecule has 0 saturated carbocycles. The molecular weight excluding hydrogens is 593 g/mol. The standard InChI is InChI=1S/2C16H36N.ClH.F6P/c2*1-5-9-13-17(14-10-6-2,15-11-7-3)16-12-8-4;;1-7(2,3,4,5)6/h2*5-16H2,1-4H3;1H;/q2*+1;;-1/p-1. The van der Waals surface area contributed by atoms with Gasteiger partial charge in [0.1, 0.15) is 0 Å². The van der Waals surface area contributed by atoms with E-state index in [1.807, 2.05) is 0 Å². The number of hydrogen-bond acceptors (Lipinski definition) is 0. The molecule has 0 aromatic carbocycles. The van der Waals surface area contributed by atoms with Gasteiger partial charge in [0.25, 0.3) is 0 Å². The fourth-order valence-corrected chi connectivity index (χ4v) is 5.29. The summed E-state index contributed by atoms with van der Waals surface area (Å²) in [4.78, 5) is 0. The molecule has 0 bridgehead atoms. The van der Waals surface area contributed by atoms with Crippen LogP contribution in [0.5, 0.6) is 0 Å². The van der Waals surface area contributed by atoms with Crippen molar-refractivity contribution < 1.29 is 46.6 Å². The summed E-state index contributed by atoms with van der Waals surface area (Å²) in [6.07, 6.45) is 22.1. The summed E-state index contributed by atoms with van der Waals surface area (Å²) in [6, 6.07) is 0. The smallest absolute Gasteiger partial charge is 1.00 e. The molecule has 0 aromatic rings. The molecule has 0 spiro atoms. The summed E-state index contributed by atoms with van der Waals surface area (Å²) in [6.45, 7) is 30.0. The molecule has 10 heteroatoms. The maximum Gasteiger partial charge on any atom is -1.00 e. The Hall–Kier alpha value is 0.220. The van der Waals surface area contributed by atoms with E-state index in [1.165, 1.54) is 164 Å². The molecule has 0 saturated heterocycles. The van der Waals surface area contributed by atoms with Gasteiger partial charge in [0.2, 0.25) is 0 Å². The minimum Gasteiger partial charge on any atom is -1.00 e. The fraction of sp³-hybridized carbons (Fsp3) is 1.00. The monoisotopic (exact) mass is 665 g/mol. The molecule has 42 heavy (non-hydrogen) atoms. The molecule has 2 nitrogen and oxygen atoms in total. The molecule has 0 aromatic heterocycles. The van der Waals surface area contributed by atoms with Crippen molar-refractivity contribution in [3.63, 3.8) is 0 Å². The summed E-state index contributed by atoms with van der Waals surface area (Å²) in [5.41, 5.74) is 0. The molecule has 0 fully saturated rings. The summed E-state index contributed by atoms with van der Waals surface area (Å²) in [5.74, 6) is 0. The quantitative estimate of drug-likeness (QED) is 0.0547. The molecule has 0 aliphatic carbocycles. The van der Waals surface area contributed by atoms with Gasteiger partial charge in [-0.15, -0.1) is 0 Å². The SMILES string of the molecule is CCCC[N+](CCCC)(CCCC)CCCC.CCCC[N+](CCCC)(CCCC)CCCC.F[P-](F)(F)(F)(F)F.[Cl-]. The molecule has 264 valence electrons. The van der Waals surface area contributed by atoms with Crippen molar-refractivity contribution in [2.75, 3.05) is 52.4 Å². The first-order chi connectivity index (χ1) is 18.9. The first-order valence-corrected chi connectivity index (χ1v) is 19.2. The Labute approximate surface area is 264 Å². The van der Waals surface area contributed by atoms with Gasteiger partial charge in [-0.05, 0) is 51.4 Å². The first kappa shape index (κ1) is 49.1. The predicted octanol–water partition coefficient (Wildman–Crippen LogP) is 10.4. The number of quaternary nitrogens is 2. The van der Waals surface area contributed by atoms with Crippen LogP contribution in [0, 0.1) is 0 Å². The zero-order valence-corrected chi connectivity index (χ0v) is 30.6. The van der Waals surface area contributed by atoms with Crippen LogP contribution in [0.2, 0.25) is 0 Å². The van der Waals surface area contributed by atoms with E-state index in [1.54, 1.807) is 0 Å². The van der Waals surface area contributed by atoms with Crippen molar-refractivity contribution in [3.8, 4) is 0 Å². The molecule has 0 N–H and O–H groups in total. The van der Waals surface area contributed by atoms with Gasteiger partial charge >= 0.3 is 33.0 Å². The van der Waals surface area contributed by atoms with E-state index in [-0.39, 0.29) is 12.4 Å². The van der Waals surface area contributed by atoms with Crippen LogP contribution in [-0.2, 0) is 0 Å². The molecule has 0 amide bonds. The van der Waals surface area contributed by atoms with Crippen LogP contribution in [0.15, 0.2) is 0 Å². The Bertz CT molecular complexity index is 454. The van der Waals surface area contributed by atoms with Gasteiger partial charge in [-0.25, -0.2) is 0 Å². The molecule has 0 aliphatic heterocycles. The number of rotatable bonds is 24. The van der Waals surface area contributed by atoms with Crippen LogP contribution in [0.1, 0.15) is 158 Å². The normalized spacial score (nSPS) is 13.6. The average molecular weight is 665 g/mol. The van der Waals surface area contributed by atoms with Crippen LogP contribution in [0.3, 0.4) is 0 Å². The zero-order chi connectivity index (χ0) is 32.4. The van der Waals surface area contributed by atoms with E-state index < -0.39 is 7.81 Å². The van der Waals surface area contributed by atoms with Gasteiger partial charge in [0, 0.05) is 0 Å². The van der Waals surface area contributed by atoms with E-state index in [0.29, 0.717) is 0 Å². The summed E-state index contributed by atoms with van der Waals surface area (Å²) < 4.78 is 62.0. The molecule has 0 radical (unpaired) electrons. The van der Waals surface area contributed by atoms with Crippen molar-refractivity contribution in [3.05, 3.63) is 0 Å². The van der Waals surface area contributed by atoms with Crippen LogP contribution in [0.4, 0.5) is 25.2 Å². The predicted molar refractivity (Wildman–Crippen MR) is 172 cm³/mol. The Morgan fingerprint density at radius 1 is 0.310 bits per heavy atom. The largest absolute Gasteiger partial charge is 1.00 e. The molecule has 0 rings (SSSR count). The second kappa shape index (κ2) is 25.4. The van der Waals surface area contributed by atoms with Crippen LogP contribution in [-0.4, -0.2) is 61.3 Å². The minimum absolute atomic E-state index is 0. The number of unbranched alkanes of at least 4 members (excludes halogenated alkanes) is 8. The van der Waals surface area contributed by atoms with Crippen molar-refractivity contribution >= 4 is 7.81 Å². The maximum atomic E-state index is 9.87. The fourth-order valence-electron chi connectivity index (χ4n) is 5.29. The molecule has 0 unspecified atom stereocenters. The molecule has 0 aliphatic rings. The molecular formula is C32H72ClF6N2P. The van der Waals surface area contributed by atoms with E-state index in [9.17, 15) is 25.2 Å². The molecule has 0 heterocycles. The van der Waals surface area contributed by atoms with E-state index in [0.717, 1.165) is 0 Å².